The van der Waals surface area contributed by atoms with Gasteiger partial charge in [-0.25, -0.2) is 0 Å². The van der Waals surface area contributed by atoms with E-state index in [1.807, 2.05) is 14.1 Å². The van der Waals surface area contributed by atoms with E-state index in [2.05, 4.69) is 49.8 Å². The van der Waals surface area contributed by atoms with Crippen LogP contribution >= 0.6 is 15.9 Å². The average Bonchev–Trinajstić information content (AvgIpc) is 2.38. The summed E-state index contributed by atoms with van der Waals surface area (Å²) < 4.78 is 4.67. The Bertz CT molecular complexity index is 376. The fraction of sp³-hybridized carbons (Fsp3) is 0.500. The van der Waals surface area contributed by atoms with Crippen molar-refractivity contribution in [2.45, 2.75) is 24.1 Å². The van der Waals surface area contributed by atoms with Crippen LogP contribution in [0.25, 0.3) is 0 Å². The number of hydrogen-bond donors (Lipinski definition) is 0. The van der Waals surface area contributed by atoms with E-state index in [4.69, 9.17) is 0 Å². The van der Waals surface area contributed by atoms with Crippen LogP contribution in [0, 0.1) is 0 Å². The summed E-state index contributed by atoms with van der Waals surface area (Å²) in [7, 11) is 5.47. The van der Waals surface area contributed by atoms with Gasteiger partial charge in [-0.3, -0.25) is 4.79 Å². The van der Waals surface area contributed by atoms with Gasteiger partial charge in [0.2, 0.25) is 0 Å². The third kappa shape index (κ3) is 4.69. The number of methoxy groups -OCH3 is 1. The van der Waals surface area contributed by atoms with Gasteiger partial charge >= 0.3 is 5.97 Å². The number of carbonyl (C=O) groups is 1. The zero-order valence-electron chi connectivity index (χ0n) is 11.1. The van der Waals surface area contributed by atoms with Crippen molar-refractivity contribution >= 4 is 27.6 Å². The van der Waals surface area contributed by atoms with Crippen molar-refractivity contribution in [3.63, 3.8) is 0 Å². The zero-order valence-corrected chi connectivity index (χ0v) is 12.7. The molecule has 0 aromatic heterocycles. The molecule has 1 atom stereocenters. The average molecular weight is 314 g/mol. The fourth-order valence-electron chi connectivity index (χ4n) is 1.69. The Morgan fingerprint density at radius 3 is 2.44 bits per heavy atom. The number of alkyl halides is 1. The van der Waals surface area contributed by atoms with E-state index in [-0.39, 0.29) is 10.8 Å². The highest BCUT2D eigenvalue weighted by Crippen LogP contribution is 2.16. The van der Waals surface area contributed by atoms with Crippen LogP contribution in [0.3, 0.4) is 0 Å². The van der Waals surface area contributed by atoms with Gasteiger partial charge in [-0.2, -0.15) is 0 Å². The molecule has 0 saturated heterocycles. The number of ether oxygens (including phenoxy) is 1. The topological polar surface area (TPSA) is 29.5 Å². The first-order valence-corrected chi connectivity index (χ1v) is 6.94. The predicted molar refractivity (Wildman–Crippen MR) is 78.4 cm³/mol. The summed E-state index contributed by atoms with van der Waals surface area (Å²) in [5, 5.41) is 0. The third-order valence-corrected chi connectivity index (χ3v) is 3.66. The molecule has 1 aromatic carbocycles. The molecule has 4 heteroatoms. The lowest BCUT2D eigenvalue weighted by atomic mass is 10.1. The standard InChI is InChI=1S/C14H20BrNO2/c1-16(2)12-9-7-11(8-10-12)5-4-6-13(15)14(17)18-3/h7-10,13H,4-6H2,1-3H3. The number of nitrogens with zero attached hydrogens (tertiary/aromatic N) is 1. The maximum absolute atomic E-state index is 11.2. The molecule has 0 bridgehead atoms. The number of hydrogen-bond acceptors (Lipinski definition) is 3. The van der Waals surface area contributed by atoms with Crippen molar-refractivity contribution in [2.75, 3.05) is 26.1 Å². The van der Waals surface area contributed by atoms with Crippen LogP contribution in [-0.2, 0) is 16.0 Å². The number of anilines is 1. The summed E-state index contributed by atoms with van der Waals surface area (Å²) >= 11 is 3.33. The molecule has 0 saturated carbocycles. The molecule has 0 N–H and O–H groups in total. The van der Waals surface area contributed by atoms with Gasteiger partial charge in [0.25, 0.3) is 0 Å². The summed E-state index contributed by atoms with van der Waals surface area (Å²) in [6, 6.07) is 8.50. The van der Waals surface area contributed by atoms with Crippen molar-refractivity contribution in [1.82, 2.24) is 0 Å². The Hall–Kier alpha value is -1.03. The van der Waals surface area contributed by atoms with Gasteiger partial charge < -0.3 is 9.64 Å². The van der Waals surface area contributed by atoms with E-state index in [1.165, 1.54) is 18.4 Å². The molecular formula is C14H20BrNO2. The summed E-state index contributed by atoms with van der Waals surface area (Å²) in [5.74, 6) is -0.196. The lowest BCUT2D eigenvalue weighted by Crippen LogP contribution is -2.15. The fourth-order valence-corrected chi connectivity index (χ4v) is 2.20. The Balaban J connectivity index is 2.38. The van der Waals surface area contributed by atoms with E-state index >= 15 is 0 Å². The Morgan fingerprint density at radius 1 is 1.33 bits per heavy atom. The summed E-state index contributed by atoms with van der Waals surface area (Å²) in [6.07, 6.45) is 2.74. The van der Waals surface area contributed by atoms with E-state index in [1.54, 1.807) is 0 Å². The Kier molecular flexibility index (Phi) is 6.19. The molecule has 3 nitrogen and oxygen atoms in total. The first-order chi connectivity index (χ1) is 8.54. The molecule has 1 rings (SSSR count). The number of rotatable bonds is 6. The molecule has 18 heavy (non-hydrogen) atoms. The van der Waals surface area contributed by atoms with E-state index < -0.39 is 0 Å². The van der Waals surface area contributed by atoms with Gasteiger partial charge in [0.1, 0.15) is 4.83 Å². The van der Waals surface area contributed by atoms with Gasteiger partial charge in [0.05, 0.1) is 7.11 Å². The highest BCUT2D eigenvalue weighted by atomic mass is 79.9. The molecule has 1 unspecified atom stereocenters. The summed E-state index contributed by atoms with van der Waals surface area (Å²) in [4.78, 5) is 13.1. The maximum Gasteiger partial charge on any atom is 0.319 e. The van der Waals surface area contributed by atoms with Gasteiger partial charge in [0, 0.05) is 19.8 Å². The molecule has 0 spiro atoms. The zero-order chi connectivity index (χ0) is 13.5. The smallest absolute Gasteiger partial charge is 0.319 e. The maximum atomic E-state index is 11.2. The number of esters is 1. The van der Waals surface area contributed by atoms with E-state index in [0.717, 1.165) is 19.3 Å². The van der Waals surface area contributed by atoms with Gasteiger partial charge in [0.15, 0.2) is 0 Å². The van der Waals surface area contributed by atoms with Gasteiger partial charge in [-0.1, -0.05) is 28.1 Å². The third-order valence-electron chi connectivity index (χ3n) is 2.83. The number of halogens is 1. The molecule has 0 amide bonds. The normalized spacial score (nSPS) is 12.0. The lowest BCUT2D eigenvalue weighted by molar-refractivity contribution is -0.139. The van der Waals surface area contributed by atoms with Crippen LogP contribution in [0.15, 0.2) is 24.3 Å². The molecule has 0 aliphatic heterocycles. The molecule has 0 radical (unpaired) electrons. The van der Waals surface area contributed by atoms with Crippen LogP contribution < -0.4 is 4.90 Å². The Labute approximate surface area is 117 Å². The van der Waals surface area contributed by atoms with Crippen molar-refractivity contribution < 1.29 is 9.53 Å². The van der Waals surface area contributed by atoms with Gasteiger partial charge in [-0.15, -0.1) is 0 Å². The minimum atomic E-state index is -0.196. The highest BCUT2D eigenvalue weighted by molar-refractivity contribution is 9.10. The van der Waals surface area contributed by atoms with Crippen LogP contribution in [0.2, 0.25) is 0 Å². The monoisotopic (exact) mass is 313 g/mol. The summed E-state index contributed by atoms with van der Waals surface area (Å²) in [6.45, 7) is 0. The molecule has 100 valence electrons. The molecule has 0 aliphatic rings. The molecule has 0 aliphatic carbocycles. The minimum absolute atomic E-state index is 0.191. The second-order valence-corrected chi connectivity index (χ2v) is 5.55. The van der Waals surface area contributed by atoms with Crippen molar-refractivity contribution in [1.29, 1.82) is 0 Å². The van der Waals surface area contributed by atoms with Crippen LogP contribution in [-0.4, -0.2) is 32.0 Å². The SMILES string of the molecule is COC(=O)C(Br)CCCc1ccc(N(C)C)cc1. The van der Waals surface area contributed by atoms with Crippen molar-refractivity contribution in [2.24, 2.45) is 0 Å². The minimum Gasteiger partial charge on any atom is -0.468 e. The lowest BCUT2D eigenvalue weighted by Gasteiger charge is -2.12. The van der Waals surface area contributed by atoms with Crippen LogP contribution in [0.5, 0.6) is 0 Å². The van der Waals surface area contributed by atoms with Gasteiger partial charge in [-0.05, 0) is 37.0 Å². The predicted octanol–water partition coefficient (Wildman–Crippen LogP) is 3.01. The quantitative estimate of drug-likeness (QED) is 0.597. The van der Waals surface area contributed by atoms with Crippen LogP contribution in [0.1, 0.15) is 18.4 Å². The number of carbonyl (C=O) groups excluding carboxylic acids is 1. The summed E-state index contributed by atoms with van der Waals surface area (Å²) in [5.41, 5.74) is 2.50. The van der Waals surface area contributed by atoms with Crippen molar-refractivity contribution in [3.05, 3.63) is 29.8 Å². The molecule has 0 heterocycles. The molecular weight excluding hydrogens is 294 g/mol. The van der Waals surface area contributed by atoms with Crippen LogP contribution in [0.4, 0.5) is 5.69 Å². The molecule has 1 aromatic rings. The Morgan fingerprint density at radius 2 is 1.94 bits per heavy atom. The highest BCUT2D eigenvalue weighted by Gasteiger charge is 2.14. The second kappa shape index (κ2) is 7.41. The van der Waals surface area contributed by atoms with E-state index in [0.29, 0.717) is 0 Å². The first kappa shape index (κ1) is 15.0. The second-order valence-electron chi connectivity index (χ2n) is 4.44. The van der Waals surface area contributed by atoms with Crippen molar-refractivity contribution in [3.8, 4) is 0 Å². The van der Waals surface area contributed by atoms with E-state index in [9.17, 15) is 4.79 Å². The number of aryl methyl sites for hydroxylation is 1. The first-order valence-electron chi connectivity index (χ1n) is 6.02. The molecule has 0 fully saturated rings. The number of benzene rings is 1. The largest absolute Gasteiger partial charge is 0.468 e.